The normalized spacial score (nSPS) is 19.3. The zero-order chi connectivity index (χ0) is 16.3. The molecular weight excluding hydrogens is 278 g/mol. The number of amides is 1. The molecule has 1 aliphatic rings. The minimum absolute atomic E-state index is 0.0869. The number of carbonyl (C=O) groups excluding carboxylic acids is 1. The van der Waals surface area contributed by atoms with Crippen molar-refractivity contribution in [1.82, 2.24) is 5.32 Å². The lowest BCUT2D eigenvalue weighted by Crippen LogP contribution is -2.36. The van der Waals surface area contributed by atoms with Gasteiger partial charge in [-0.2, -0.15) is 0 Å². The molecule has 1 aliphatic carbocycles. The van der Waals surface area contributed by atoms with Gasteiger partial charge in [0.05, 0.1) is 14.2 Å². The van der Waals surface area contributed by atoms with Gasteiger partial charge in [-0.1, -0.05) is 18.6 Å². The summed E-state index contributed by atoms with van der Waals surface area (Å²) in [5.74, 6) is 1.73. The zero-order valence-electron chi connectivity index (χ0n) is 14.0. The Morgan fingerprint density at radius 3 is 2.45 bits per heavy atom. The molecule has 1 aromatic carbocycles. The highest BCUT2D eigenvalue weighted by molar-refractivity contribution is 5.76. The molecular formula is C18H25NO3. The first-order valence-corrected chi connectivity index (χ1v) is 7.69. The molecule has 1 N–H and O–H groups in total. The van der Waals surface area contributed by atoms with E-state index in [-0.39, 0.29) is 17.9 Å². The highest BCUT2D eigenvalue weighted by Crippen LogP contribution is 2.41. The fourth-order valence-corrected chi connectivity index (χ4v) is 3.02. The zero-order valence-corrected chi connectivity index (χ0v) is 14.0. The third kappa shape index (κ3) is 3.26. The van der Waals surface area contributed by atoms with Crippen LogP contribution >= 0.6 is 0 Å². The SMILES string of the molecule is CCC(=O)N[C@@H]1Cc2cc(OC)c(OC)cc2[C@@H]1C=C(C)C. The Bertz CT molecular complexity index is 588. The van der Waals surface area contributed by atoms with Gasteiger partial charge in [0.1, 0.15) is 0 Å². The summed E-state index contributed by atoms with van der Waals surface area (Å²) in [6.45, 7) is 6.04. The van der Waals surface area contributed by atoms with E-state index in [0.29, 0.717) is 6.42 Å². The van der Waals surface area contributed by atoms with Crippen molar-refractivity contribution in [3.05, 3.63) is 34.9 Å². The molecule has 120 valence electrons. The fourth-order valence-electron chi connectivity index (χ4n) is 3.02. The van der Waals surface area contributed by atoms with E-state index in [1.165, 1.54) is 16.7 Å². The van der Waals surface area contributed by atoms with Gasteiger partial charge >= 0.3 is 0 Å². The summed E-state index contributed by atoms with van der Waals surface area (Å²) in [5.41, 5.74) is 3.66. The van der Waals surface area contributed by atoms with Crippen LogP contribution in [-0.2, 0) is 11.2 Å². The molecule has 22 heavy (non-hydrogen) atoms. The number of nitrogens with one attached hydrogen (secondary N) is 1. The first kappa shape index (κ1) is 16.4. The molecule has 2 rings (SSSR count). The number of rotatable bonds is 5. The Hall–Kier alpha value is -1.97. The molecule has 4 heteroatoms. The largest absolute Gasteiger partial charge is 0.493 e. The van der Waals surface area contributed by atoms with Crippen molar-refractivity contribution in [2.45, 2.75) is 45.6 Å². The van der Waals surface area contributed by atoms with Crippen LogP contribution in [0.15, 0.2) is 23.8 Å². The number of carbonyl (C=O) groups is 1. The van der Waals surface area contributed by atoms with Gasteiger partial charge in [-0.05, 0) is 43.5 Å². The van der Waals surface area contributed by atoms with Gasteiger partial charge in [0.2, 0.25) is 5.91 Å². The predicted molar refractivity (Wildman–Crippen MR) is 87.6 cm³/mol. The quantitative estimate of drug-likeness (QED) is 0.850. The van der Waals surface area contributed by atoms with Crippen LogP contribution in [0.1, 0.15) is 44.2 Å². The van der Waals surface area contributed by atoms with E-state index in [0.717, 1.165) is 17.9 Å². The molecule has 4 nitrogen and oxygen atoms in total. The topological polar surface area (TPSA) is 47.6 Å². The maximum Gasteiger partial charge on any atom is 0.219 e. The van der Waals surface area contributed by atoms with Gasteiger partial charge in [-0.3, -0.25) is 4.79 Å². The lowest BCUT2D eigenvalue weighted by Gasteiger charge is -2.19. The number of ether oxygens (including phenoxy) is 2. The van der Waals surface area contributed by atoms with E-state index in [1.54, 1.807) is 14.2 Å². The second kappa shape index (κ2) is 6.86. The lowest BCUT2D eigenvalue weighted by molar-refractivity contribution is -0.121. The van der Waals surface area contributed by atoms with Crippen LogP contribution in [0.5, 0.6) is 11.5 Å². The highest BCUT2D eigenvalue weighted by Gasteiger charge is 2.33. The van der Waals surface area contributed by atoms with Crippen LogP contribution in [0, 0.1) is 0 Å². The molecule has 1 aromatic rings. The van der Waals surface area contributed by atoms with Gasteiger partial charge in [0, 0.05) is 18.4 Å². The molecule has 2 atom stereocenters. The monoisotopic (exact) mass is 303 g/mol. The molecule has 0 saturated heterocycles. The van der Waals surface area contributed by atoms with E-state index in [9.17, 15) is 4.79 Å². The van der Waals surface area contributed by atoms with Crippen LogP contribution in [0.3, 0.4) is 0 Å². The van der Waals surface area contributed by atoms with Crippen LogP contribution < -0.4 is 14.8 Å². The molecule has 0 fully saturated rings. The van der Waals surface area contributed by atoms with Gasteiger partial charge in [-0.25, -0.2) is 0 Å². The van der Waals surface area contributed by atoms with Crippen molar-refractivity contribution < 1.29 is 14.3 Å². The van der Waals surface area contributed by atoms with Gasteiger partial charge in [-0.15, -0.1) is 0 Å². The standard InChI is InChI=1S/C18H25NO3/c1-6-18(20)19-15-8-12-9-16(21-4)17(22-5)10-13(12)14(15)7-11(2)3/h7,9-10,14-15H,6,8H2,1-5H3,(H,19,20)/t14-,15+/m0/s1. The van der Waals surface area contributed by atoms with E-state index in [1.807, 2.05) is 19.1 Å². The molecule has 0 heterocycles. The molecule has 0 aliphatic heterocycles. The van der Waals surface area contributed by atoms with E-state index >= 15 is 0 Å². The summed E-state index contributed by atoms with van der Waals surface area (Å²) in [6, 6.07) is 4.16. The summed E-state index contributed by atoms with van der Waals surface area (Å²) in [4.78, 5) is 11.8. The van der Waals surface area contributed by atoms with Crippen molar-refractivity contribution in [3.63, 3.8) is 0 Å². The van der Waals surface area contributed by atoms with E-state index < -0.39 is 0 Å². The number of methoxy groups -OCH3 is 2. The second-order valence-corrected chi connectivity index (χ2v) is 5.91. The predicted octanol–water partition coefficient (Wildman–Crippen LogP) is 3.20. The Morgan fingerprint density at radius 1 is 1.27 bits per heavy atom. The van der Waals surface area contributed by atoms with Gasteiger partial charge in [0.15, 0.2) is 11.5 Å². The smallest absolute Gasteiger partial charge is 0.219 e. The number of fused-ring (bicyclic) bond motifs is 1. The van der Waals surface area contributed by atoms with Crippen molar-refractivity contribution in [2.75, 3.05) is 14.2 Å². The van der Waals surface area contributed by atoms with Crippen molar-refractivity contribution in [1.29, 1.82) is 0 Å². The Balaban J connectivity index is 2.42. The van der Waals surface area contributed by atoms with Crippen LogP contribution in [0.2, 0.25) is 0 Å². The minimum atomic E-state index is 0.0869. The number of hydrogen-bond donors (Lipinski definition) is 1. The molecule has 0 spiro atoms. The second-order valence-electron chi connectivity index (χ2n) is 5.91. The maximum absolute atomic E-state index is 11.8. The average molecular weight is 303 g/mol. The van der Waals surface area contributed by atoms with Crippen molar-refractivity contribution in [3.8, 4) is 11.5 Å². The van der Waals surface area contributed by atoms with Crippen LogP contribution in [0.25, 0.3) is 0 Å². The summed E-state index contributed by atoms with van der Waals surface area (Å²) >= 11 is 0. The molecule has 0 bridgehead atoms. The van der Waals surface area contributed by atoms with Crippen molar-refractivity contribution in [2.24, 2.45) is 0 Å². The van der Waals surface area contributed by atoms with Gasteiger partial charge in [0.25, 0.3) is 0 Å². The summed E-state index contributed by atoms with van der Waals surface area (Å²) in [6.07, 6.45) is 3.54. The molecule has 0 unspecified atom stereocenters. The Labute approximate surface area is 132 Å². The minimum Gasteiger partial charge on any atom is -0.493 e. The highest BCUT2D eigenvalue weighted by atomic mass is 16.5. The van der Waals surface area contributed by atoms with Gasteiger partial charge < -0.3 is 14.8 Å². The van der Waals surface area contributed by atoms with E-state index in [2.05, 4.69) is 25.2 Å². The summed E-state index contributed by atoms with van der Waals surface area (Å²) in [5, 5.41) is 3.14. The van der Waals surface area contributed by atoms with Crippen LogP contribution in [-0.4, -0.2) is 26.2 Å². The fraction of sp³-hybridized carbons (Fsp3) is 0.500. The third-order valence-corrected chi connectivity index (χ3v) is 4.06. The van der Waals surface area contributed by atoms with E-state index in [4.69, 9.17) is 9.47 Å². The summed E-state index contributed by atoms with van der Waals surface area (Å²) in [7, 11) is 3.29. The lowest BCUT2D eigenvalue weighted by atomic mass is 9.95. The van der Waals surface area contributed by atoms with Crippen LogP contribution in [0.4, 0.5) is 0 Å². The molecule has 0 saturated carbocycles. The first-order valence-electron chi connectivity index (χ1n) is 7.69. The Morgan fingerprint density at radius 2 is 1.91 bits per heavy atom. The average Bonchev–Trinajstić information content (AvgIpc) is 2.81. The number of benzene rings is 1. The number of hydrogen-bond acceptors (Lipinski definition) is 3. The number of allylic oxidation sites excluding steroid dienone is 1. The summed E-state index contributed by atoms with van der Waals surface area (Å²) < 4.78 is 10.8. The molecule has 0 aromatic heterocycles. The molecule has 0 radical (unpaired) electrons. The molecule has 1 amide bonds. The maximum atomic E-state index is 11.8. The first-order chi connectivity index (χ1) is 10.5. The third-order valence-electron chi connectivity index (χ3n) is 4.06. The Kier molecular flexibility index (Phi) is 5.11. The van der Waals surface area contributed by atoms with Crippen molar-refractivity contribution >= 4 is 5.91 Å².